The molecule has 0 aliphatic carbocycles. The smallest absolute Gasteiger partial charge is 0.160 e. The van der Waals surface area contributed by atoms with Gasteiger partial charge in [-0.05, 0) is 139 Å². The summed E-state index contributed by atoms with van der Waals surface area (Å²) >= 11 is 12.6. The van der Waals surface area contributed by atoms with Crippen molar-refractivity contribution in [3.05, 3.63) is 187 Å². The van der Waals surface area contributed by atoms with Crippen LogP contribution in [0.4, 0.5) is 0 Å². The molecule has 0 saturated heterocycles. The van der Waals surface area contributed by atoms with E-state index in [0.717, 1.165) is 50.1 Å². The van der Waals surface area contributed by atoms with Crippen molar-refractivity contribution in [2.24, 2.45) is 0 Å². The van der Waals surface area contributed by atoms with Crippen LogP contribution in [0.15, 0.2) is 121 Å². The second kappa shape index (κ2) is 16.3. The summed E-state index contributed by atoms with van der Waals surface area (Å²) in [4.78, 5) is 24.8. The van der Waals surface area contributed by atoms with Crippen molar-refractivity contribution >= 4 is 34.8 Å². The highest BCUT2D eigenvalue weighted by molar-refractivity contribution is 6.31. The van der Waals surface area contributed by atoms with Crippen LogP contribution >= 0.6 is 23.2 Å². The van der Waals surface area contributed by atoms with E-state index in [4.69, 9.17) is 23.2 Å². The fourth-order valence-electron chi connectivity index (χ4n) is 7.74. The molecule has 4 heteroatoms. The van der Waals surface area contributed by atoms with E-state index in [2.05, 4.69) is 115 Å². The van der Waals surface area contributed by atoms with E-state index in [1.54, 1.807) is 13.8 Å². The molecule has 6 rings (SSSR count). The van der Waals surface area contributed by atoms with Crippen LogP contribution in [0.3, 0.4) is 0 Å². The molecule has 0 saturated carbocycles. The largest absolute Gasteiger partial charge is 0.295 e. The number of rotatable bonds is 8. The fourth-order valence-corrected chi connectivity index (χ4v) is 8.29. The van der Waals surface area contributed by atoms with Crippen LogP contribution in [0.25, 0.3) is 22.3 Å². The third kappa shape index (κ3) is 8.46. The monoisotopic (exact) mass is 752 g/mol. The fraction of sp³-hybridized carbons (Fsp3) is 0.240. The van der Waals surface area contributed by atoms with E-state index in [0.29, 0.717) is 10.0 Å². The molecule has 276 valence electrons. The minimum Gasteiger partial charge on any atom is -0.295 e. The number of halogens is 2. The zero-order chi connectivity index (χ0) is 39.5. The SMILES string of the molecule is CC(=O)c1c(C)cc(Cl)cc1C(C)(C)c1cc(Cl)cc(C)c1C.CC(=O)c1ccc(-c2ccccc2)cc1C(C)(C)c1cc(-c2ccccc2)ccc1C. The van der Waals surface area contributed by atoms with Gasteiger partial charge < -0.3 is 0 Å². The van der Waals surface area contributed by atoms with E-state index in [-0.39, 0.29) is 22.4 Å². The van der Waals surface area contributed by atoms with Gasteiger partial charge in [-0.1, -0.05) is 142 Å². The summed E-state index contributed by atoms with van der Waals surface area (Å²) in [6.07, 6.45) is 0. The molecule has 54 heavy (non-hydrogen) atoms. The van der Waals surface area contributed by atoms with Crippen LogP contribution in [0.1, 0.15) is 107 Å². The van der Waals surface area contributed by atoms with Gasteiger partial charge in [0.15, 0.2) is 11.6 Å². The van der Waals surface area contributed by atoms with Crippen LogP contribution in [0.5, 0.6) is 0 Å². The predicted molar refractivity (Wildman–Crippen MR) is 230 cm³/mol. The first-order chi connectivity index (χ1) is 25.4. The van der Waals surface area contributed by atoms with Gasteiger partial charge in [-0.15, -0.1) is 0 Å². The lowest BCUT2D eigenvalue weighted by Crippen LogP contribution is -2.24. The number of carbonyl (C=O) groups excluding carboxylic acids is 2. The number of hydrogen-bond donors (Lipinski definition) is 0. The highest BCUT2D eigenvalue weighted by Gasteiger charge is 2.31. The molecule has 0 fully saturated rings. The molecule has 0 unspecified atom stereocenters. The molecule has 0 aliphatic rings. The molecule has 0 bridgehead atoms. The maximum atomic E-state index is 12.6. The summed E-state index contributed by atoms with van der Waals surface area (Å²) in [5.74, 6) is 0.151. The quantitative estimate of drug-likeness (QED) is 0.145. The molecular weight excluding hydrogens is 703 g/mol. The number of hydrogen-bond acceptors (Lipinski definition) is 2. The van der Waals surface area contributed by atoms with Gasteiger partial charge in [-0.25, -0.2) is 0 Å². The molecule has 0 aliphatic heterocycles. The Hall–Kier alpha value is -4.76. The summed E-state index contributed by atoms with van der Waals surface area (Å²) in [7, 11) is 0. The third-order valence-corrected chi connectivity index (χ3v) is 11.3. The molecule has 0 radical (unpaired) electrons. The van der Waals surface area contributed by atoms with Gasteiger partial charge in [-0.2, -0.15) is 0 Å². The molecular formula is C50H50Cl2O2. The molecule has 0 aromatic heterocycles. The van der Waals surface area contributed by atoms with Crippen molar-refractivity contribution in [1.82, 2.24) is 0 Å². The number of Topliss-reactive ketones (excluding diaryl/α,β-unsaturated/α-hetero) is 2. The van der Waals surface area contributed by atoms with Gasteiger partial charge in [0, 0.05) is 32.0 Å². The Morgan fingerprint density at radius 3 is 1.43 bits per heavy atom. The Bertz CT molecular complexity index is 2330. The number of carbonyl (C=O) groups is 2. The van der Waals surface area contributed by atoms with Gasteiger partial charge in [0.05, 0.1) is 0 Å². The topological polar surface area (TPSA) is 34.1 Å². The van der Waals surface area contributed by atoms with Gasteiger partial charge in [0.25, 0.3) is 0 Å². The average Bonchev–Trinajstić information content (AvgIpc) is 3.13. The maximum Gasteiger partial charge on any atom is 0.160 e. The molecule has 0 spiro atoms. The van der Waals surface area contributed by atoms with Crippen molar-refractivity contribution in [3.63, 3.8) is 0 Å². The highest BCUT2D eigenvalue weighted by atomic mass is 35.5. The van der Waals surface area contributed by atoms with Gasteiger partial charge in [0.2, 0.25) is 0 Å². The van der Waals surface area contributed by atoms with Crippen molar-refractivity contribution < 1.29 is 9.59 Å². The zero-order valence-corrected chi connectivity index (χ0v) is 34.6. The Kier molecular flexibility index (Phi) is 12.2. The summed E-state index contributed by atoms with van der Waals surface area (Å²) in [5, 5.41) is 1.35. The first-order valence-corrected chi connectivity index (χ1v) is 19.1. The average molecular weight is 754 g/mol. The second-order valence-corrected chi connectivity index (χ2v) is 16.3. The van der Waals surface area contributed by atoms with Crippen LogP contribution in [-0.2, 0) is 10.8 Å². The second-order valence-electron chi connectivity index (χ2n) is 15.4. The summed E-state index contributed by atoms with van der Waals surface area (Å²) in [5.41, 5.74) is 14.3. The Balaban J connectivity index is 0.000000218. The van der Waals surface area contributed by atoms with E-state index < -0.39 is 0 Å². The molecule has 6 aromatic carbocycles. The molecule has 6 aromatic rings. The zero-order valence-electron chi connectivity index (χ0n) is 33.1. The van der Waals surface area contributed by atoms with Crippen LogP contribution in [0.2, 0.25) is 10.0 Å². The summed E-state index contributed by atoms with van der Waals surface area (Å²) in [6, 6.07) is 41.4. The standard InChI is InChI=1S/C30H28O.C20H22Cl2O/c1-21-15-16-25(23-11-7-5-8-12-23)19-28(21)30(3,4)29-20-26(17-18-27(29)22(2)31)24-13-9-6-10-14-24;1-11-7-15(21)9-17(13(11)3)20(5,6)18-10-16(22)8-12(2)19(18)14(4)23/h5-20H,1-4H3;7-10H,1-6H3. The predicted octanol–water partition coefficient (Wildman–Crippen LogP) is 14.3. The summed E-state index contributed by atoms with van der Waals surface area (Å²) < 4.78 is 0. The van der Waals surface area contributed by atoms with Crippen molar-refractivity contribution in [3.8, 4) is 22.3 Å². The Morgan fingerprint density at radius 2 is 0.907 bits per heavy atom. The van der Waals surface area contributed by atoms with Crippen LogP contribution < -0.4 is 0 Å². The minimum absolute atomic E-state index is 0.0543. The number of benzene rings is 6. The molecule has 0 amide bonds. The van der Waals surface area contributed by atoms with Crippen molar-refractivity contribution in [2.75, 3.05) is 0 Å². The minimum atomic E-state index is -0.379. The maximum absolute atomic E-state index is 12.6. The van der Waals surface area contributed by atoms with Gasteiger partial charge in [-0.3, -0.25) is 9.59 Å². The van der Waals surface area contributed by atoms with Crippen LogP contribution in [0, 0.1) is 27.7 Å². The lowest BCUT2D eigenvalue weighted by atomic mass is 9.72. The third-order valence-electron chi connectivity index (χ3n) is 10.8. The van der Waals surface area contributed by atoms with E-state index in [1.807, 2.05) is 61.5 Å². The molecule has 0 atom stereocenters. The Morgan fingerprint density at radius 1 is 0.444 bits per heavy atom. The first kappa shape index (κ1) is 40.4. The molecule has 2 nitrogen and oxygen atoms in total. The van der Waals surface area contributed by atoms with Gasteiger partial charge >= 0.3 is 0 Å². The van der Waals surface area contributed by atoms with E-state index in [9.17, 15) is 9.59 Å². The lowest BCUT2D eigenvalue weighted by Gasteiger charge is -2.31. The number of ketones is 2. The first-order valence-electron chi connectivity index (χ1n) is 18.4. The van der Waals surface area contributed by atoms with E-state index >= 15 is 0 Å². The normalized spacial score (nSPS) is 11.5. The lowest BCUT2D eigenvalue weighted by molar-refractivity contribution is 0.100. The Labute approximate surface area is 332 Å². The van der Waals surface area contributed by atoms with Gasteiger partial charge in [0.1, 0.15) is 0 Å². The molecule has 0 heterocycles. The highest BCUT2D eigenvalue weighted by Crippen LogP contribution is 2.41. The van der Waals surface area contributed by atoms with Crippen LogP contribution in [-0.4, -0.2) is 11.6 Å². The van der Waals surface area contributed by atoms with Crippen molar-refractivity contribution in [2.45, 2.75) is 80.1 Å². The number of aryl methyl sites for hydroxylation is 3. The molecule has 0 N–H and O–H groups in total. The van der Waals surface area contributed by atoms with Crippen molar-refractivity contribution in [1.29, 1.82) is 0 Å². The van der Waals surface area contributed by atoms with E-state index in [1.165, 1.54) is 27.8 Å². The summed E-state index contributed by atoms with van der Waals surface area (Å²) in [6.45, 7) is 20.2.